The minimum absolute atomic E-state index is 0.639. The summed E-state index contributed by atoms with van der Waals surface area (Å²) in [4.78, 5) is 19.3. The fourth-order valence-corrected chi connectivity index (χ4v) is 6.93. The summed E-state index contributed by atoms with van der Waals surface area (Å²) in [5.74, 6) is 1.93. The largest absolute Gasteiger partial charge is 0.455 e. The molecular weight excluding hydrogens is 601 g/mol. The summed E-state index contributed by atoms with van der Waals surface area (Å²) in [5.41, 5.74) is 6.89. The van der Waals surface area contributed by atoms with E-state index in [1.54, 1.807) is 6.20 Å². The van der Waals surface area contributed by atoms with Crippen LogP contribution < -0.4 is 0 Å². The molecule has 7 aromatic carbocycles. The number of benzene rings is 7. The van der Waals surface area contributed by atoms with Crippen LogP contribution in [0.15, 0.2) is 162 Å². The van der Waals surface area contributed by atoms with Crippen molar-refractivity contribution in [2.45, 2.75) is 0 Å². The lowest BCUT2D eigenvalue weighted by molar-refractivity contribution is 0.672. The molecule has 0 atom stereocenters. The molecule has 3 heterocycles. The lowest BCUT2D eigenvalue weighted by atomic mass is 9.94. The Morgan fingerprint density at radius 3 is 1.86 bits per heavy atom. The number of pyridine rings is 1. The van der Waals surface area contributed by atoms with Gasteiger partial charge in [-0.25, -0.2) is 15.0 Å². The number of furan rings is 1. The molecule has 10 aromatic rings. The van der Waals surface area contributed by atoms with E-state index >= 15 is 0 Å². The molecule has 3 aromatic heterocycles. The number of nitrogens with zero attached hydrogens (tertiary/aromatic N) is 4. The molecule has 0 amide bonds. The normalized spacial score (nSPS) is 11.7. The van der Waals surface area contributed by atoms with Gasteiger partial charge in [0.05, 0.1) is 0 Å². The number of hydrogen-bond acceptors (Lipinski definition) is 5. The lowest BCUT2D eigenvalue weighted by Gasteiger charge is -2.12. The highest BCUT2D eigenvalue weighted by molar-refractivity contribution is 6.15. The summed E-state index contributed by atoms with van der Waals surface area (Å²) >= 11 is 0. The Labute approximate surface area is 281 Å². The number of fused-ring (bicyclic) bond motifs is 7. The first-order valence-corrected chi connectivity index (χ1v) is 16.3. The van der Waals surface area contributed by atoms with Crippen molar-refractivity contribution in [2.75, 3.05) is 0 Å². The van der Waals surface area contributed by atoms with Crippen molar-refractivity contribution >= 4 is 54.3 Å². The van der Waals surface area contributed by atoms with E-state index in [2.05, 4.69) is 114 Å². The monoisotopic (exact) mass is 626 g/mol. The molecule has 0 aliphatic carbocycles. The van der Waals surface area contributed by atoms with Gasteiger partial charge in [0, 0.05) is 45.2 Å². The first kappa shape index (κ1) is 27.4. The summed E-state index contributed by atoms with van der Waals surface area (Å²) in [6.45, 7) is 0. The Morgan fingerprint density at radius 1 is 0.388 bits per heavy atom. The van der Waals surface area contributed by atoms with Crippen LogP contribution in [0.5, 0.6) is 0 Å². The van der Waals surface area contributed by atoms with Gasteiger partial charge < -0.3 is 4.42 Å². The Bertz CT molecular complexity index is 2890. The van der Waals surface area contributed by atoms with E-state index in [0.717, 1.165) is 76.7 Å². The summed E-state index contributed by atoms with van der Waals surface area (Å²) < 4.78 is 6.27. The maximum absolute atomic E-state index is 6.27. The fraction of sp³-hybridized carbons (Fsp3) is 0. The van der Waals surface area contributed by atoms with Crippen molar-refractivity contribution in [3.63, 3.8) is 0 Å². The van der Waals surface area contributed by atoms with E-state index < -0.39 is 0 Å². The minimum Gasteiger partial charge on any atom is -0.455 e. The Hall–Kier alpha value is -6.72. The number of aromatic nitrogens is 4. The Balaban J connectivity index is 1.09. The molecule has 0 saturated carbocycles. The number of rotatable bonds is 4. The smallest absolute Gasteiger partial charge is 0.164 e. The maximum atomic E-state index is 6.27. The molecular formula is C44H26N4O. The van der Waals surface area contributed by atoms with Gasteiger partial charge >= 0.3 is 0 Å². The molecule has 0 spiro atoms. The van der Waals surface area contributed by atoms with Gasteiger partial charge in [0.1, 0.15) is 11.2 Å². The maximum Gasteiger partial charge on any atom is 0.164 e. The molecule has 228 valence electrons. The van der Waals surface area contributed by atoms with E-state index in [9.17, 15) is 0 Å². The first-order chi connectivity index (χ1) is 24.2. The average Bonchev–Trinajstić information content (AvgIpc) is 3.56. The Morgan fingerprint density at radius 2 is 1.00 bits per heavy atom. The van der Waals surface area contributed by atoms with Crippen molar-refractivity contribution in [3.05, 3.63) is 158 Å². The summed E-state index contributed by atoms with van der Waals surface area (Å²) in [6, 6.07) is 50.6. The zero-order chi connectivity index (χ0) is 32.3. The van der Waals surface area contributed by atoms with Crippen LogP contribution in [0.4, 0.5) is 0 Å². The predicted molar refractivity (Wildman–Crippen MR) is 199 cm³/mol. The van der Waals surface area contributed by atoms with Gasteiger partial charge in [0.25, 0.3) is 0 Å². The second-order valence-corrected chi connectivity index (χ2v) is 12.3. The van der Waals surface area contributed by atoms with Crippen LogP contribution in [0.1, 0.15) is 0 Å². The second kappa shape index (κ2) is 10.9. The van der Waals surface area contributed by atoms with Gasteiger partial charge in [-0.1, -0.05) is 109 Å². The van der Waals surface area contributed by atoms with Crippen LogP contribution in [0, 0.1) is 0 Å². The van der Waals surface area contributed by atoms with Crippen LogP contribution in [-0.2, 0) is 0 Å². The quantitative estimate of drug-likeness (QED) is 0.194. The van der Waals surface area contributed by atoms with Gasteiger partial charge in [-0.2, -0.15) is 0 Å². The molecule has 0 unspecified atom stereocenters. The van der Waals surface area contributed by atoms with Crippen LogP contribution in [0.2, 0.25) is 0 Å². The standard InChI is InChI=1S/C44H26N4O/c1-2-8-28(9-3-1)42-46-43(33-14-13-27-7-4-5-10-29(27)23-33)48-44(47-42)34-17-18-36-30(25-34)11-6-12-35(36)31-15-19-37-32(24-31)16-20-38-39-26-45-22-21-40(39)49-41(37)38/h1-26H. The van der Waals surface area contributed by atoms with Gasteiger partial charge in [0.15, 0.2) is 17.5 Å². The number of hydrogen-bond donors (Lipinski definition) is 0. The highest BCUT2D eigenvalue weighted by Crippen LogP contribution is 2.37. The Kier molecular flexibility index (Phi) is 6.11. The summed E-state index contributed by atoms with van der Waals surface area (Å²) in [5, 5.41) is 8.94. The molecule has 0 aliphatic heterocycles. The van der Waals surface area contributed by atoms with Gasteiger partial charge in [-0.05, 0) is 74.5 Å². The second-order valence-electron chi connectivity index (χ2n) is 12.3. The van der Waals surface area contributed by atoms with Crippen LogP contribution in [0.3, 0.4) is 0 Å². The van der Waals surface area contributed by atoms with E-state index in [1.165, 1.54) is 5.39 Å². The molecule has 0 aliphatic rings. The molecule has 0 radical (unpaired) electrons. The van der Waals surface area contributed by atoms with E-state index in [4.69, 9.17) is 19.4 Å². The zero-order valence-corrected chi connectivity index (χ0v) is 26.2. The van der Waals surface area contributed by atoms with Crippen molar-refractivity contribution in [1.82, 2.24) is 19.9 Å². The fourth-order valence-electron chi connectivity index (χ4n) is 6.93. The average molecular weight is 627 g/mol. The highest BCUT2D eigenvalue weighted by atomic mass is 16.3. The zero-order valence-electron chi connectivity index (χ0n) is 26.2. The predicted octanol–water partition coefficient (Wildman–Crippen LogP) is 11.3. The van der Waals surface area contributed by atoms with E-state index in [0.29, 0.717) is 17.5 Å². The molecule has 0 bridgehead atoms. The van der Waals surface area contributed by atoms with Crippen molar-refractivity contribution in [3.8, 4) is 45.3 Å². The van der Waals surface area contributed by atoms with Crippen molar-refractivity contribution in [1.29, 1.82) is 0 Å². The van der Waals surface area contributed by atoms with E-state index in [1.807, 2.05) is 42.6 Å². The van der Waals surface area contributed by atoms with Gasteiger partial charge in [-0.3, -0.25) is 4.98 Å². The third-order valence-corrected chi connectivity index (χ3v) is 9.38. The van der Waals surface area contributed by atoms with Gasteiger partial charge in [0.2, 0.25) is 0 Å². The third kappa shape index (κ3) is 4.63. The van der Waals surface area contributed by atoms with Crippen LogP contribution in [0.25, 0.3) is 99.5 Å². The molecule has 0 saturated heterocycles. The van der Waals surface area contributed by atoms with Crippen LogP contribution >= 0.6 is 0 Å². The third-order valence-electron chi connectivity index (χ3n) is 9.38. The topological polar surface area (TPSA) is 64.7 Å². The van der Waals surface area contributed by atoms with E-state index in [-0.39, 0.29) is 0 Å². The van der Waals surface area contributed by atoms with Crippen molar-refractivity contribution in [2.24, 2.45) is 0 Å². The SMILES string of the molecule is c1ccc(-c2nc(-c3ccc4ccccc4c3)nc(-c3ccc4c(-c5ccc6c(ccc7c8cnccc8oc67)c5)cccc4c3)n2)cc1. The molecule has 0 fully saturated rings. The summed E-state index contributed by atoms with van der Waals surface area (Å²) in [6.07, 6.45) is 3.64. The first-order valence-electron chi connectivity index (χ1n) is 16.3. The molecule has 5 nitrogen and oxygen atoms in total. The molecule has 49 heavy (non-hydrogen) atoms. The molecule has 0 N–H and O–H groups in total. The molecule has 10 rings (SSSR count). The highest BCUT2D eigenvalue weighted by Gasteiger charge is 2.15. The van der Waals surface area contributed by atoms with Gasteiger partial charge in [-0.15, -0.1) is 0 Å². The van der Waals surface area contributed by atoms with Crippen molar-refractivity contribution < 1.29 is 4.42 Å². The van der Waals surface area contributed by atoms with Crippen LogP contribution in [-0.4, -0.2) is 19.9 Å². The summed E-state index contributed by atoms with van der Waals surface area (Å²) in [7, 11) is 0. The molecule has 5 heteroatoms. The minimum atomic E-state index is 0.639. The lowest BCUT2D eigenvalue weighted by Crippen LogP contribution is -2.00.